The third kappa shape index (κ3) is 3.10. The smallest absolute Gasteiger partial charge is 0.192 e. The van der Waals surface area contributed by atoms with E-state index in [9.17, 15) is 79.7 Å². The van der Waals surface area contributed by atoms with Crippen molar-refractivity contribution in [2.24, 2.45) is 0 Å². The Morgan fingerprint density at radius 1 is 0.429 bits per heavy atom. The fourth-order valence-corrected chi connectivity index (χ4v) is 1.31. The molecule has 0 bridgehead atoms. The molecule has 18 heteroatoms. The van der Waals surface area contributed by atoms with Crippen LogP contribution in [0.3, 0.4) is 0 Å². The molecule has 165 valence electrons. The minimum Gasteiger partial charge on any atom is -0.192 e. The quantitative estimate of drug-likeness (QED) is 0.360. The predicted molar refractivity (Wildman–Crippen MR) is 49.1 cm³/mol. The van der Waals surface area contributed by atoms with Crippen LogP contribution in [0.4, 0.5) is 74.6 Å². The van der Waals surface area contributed by atoms with E-state index >= 15 is 0 Å². The van der Waals surface area contributed by atoms with Crippen LogP contribution >= 0.6 is 0 Å². The van der Waals surface area contributed by atoms with E-state index in [4.69, 9.17) is 0 Å². The van der Waals surface area contributed by atoms with Crippen molar-refractivity contribution in [2.45, 2.75) is 47.6 Å². The summed E-state index contributed by atoms with van der Waals surface area (Å²) in [6.45, 7) is 0. The van der Waals surface area contributed by atoms with E-state index in [1.165, 1.54) is 0 Å². The summed E-state index contributed by atoms with van der Waals surface area (Å²) >= 11 is 0. The van der Waals surface area contributed by atoms with E-state index in [0.717, 1.165) is 0 Å². The Kier molecular flexibility index (Phi) is 6.04. The van der Waals surface area contributed by atoms with Crippen LogP contribution in [-0.2, 0) is 5.11 Å². The fraction of sp³-hybridized carbons (Fsp3) is 0.800. The monoisotopic (exact) mass is 459 g/mol. The first-order valence-corrected chi connectivity index (χ1v) is 5.67. The highest BCUT2D eigenvalue weighted by atomic mass is 19.4. The number of rotatable bonds is 7. The molecule has 0 fully saturated rings. The third-order valence-corrected chi connectivity index (χ3v) is 2.94. The van der Waals surface area contributed by atoms with Gasteiger partial charge in [0.1, 0.15) is 6.17 Å². The van der Waals surface area contributed by atoms with Gasteiger partial charge in [0.2, 0.25) is 0 Å². The molecule has 0 rings (SSSR count). The van der Waals surface area contributed by atoms with Crippen molar-refractivity contribution in [3.05, 3.63) is 0 Å². The summed E-state index contributed by atoms with van der Waals surface area (Å²) < 4.78 is 215. The fourth-order valence-electron chi connectivity index (χ4n) is 1.31. The lowest BCUT2D eigenvalue weighted by Crippen LogP contribution is -2.74. The molecule has 0 aliphatic heterocycles. The van der Waals surface area contributed by atoms with Crippen LogP contribution in [0.2, 0.25) is 0 Å². The van der Waals surface area contributed by atoms with Gasteiger partial charge < -0.3 is 0 Å². The largest absolute Gasteiger partial charge is 0.452 e. The summed E-state index contributed by atoms with van der Waals surface area (Å²) in [4.78, 5) is 0. The lowest BCUT2D eigenvalue weighted by molar-refractivity contribution is -0.473. The molecule has 0 aliphatic rings. The molecule has 0 saturated heterocycles. The molecule has 0 aromatic heterocycles. The van der Waals surface area contributed by atoms with Crippen molar-refractivity contribution >= 4 is 0 Å². The molecule has 0 aliphatic carbocycles. The van der Waals surface area contributed by atoms with Gasteiger partial charge in [-0.05, 0) is 0 Å². The zero-order chi connectivity index (χ0) is 23.4. The summed E-state index contributed by atoms with van der Waals surface area (Å²) in [5.74, 6) is -58.1. The number of alkyl halides is 16. The van der Waals surface area contributed by atoms with Crippen LogP contribution in [0, 0.1) is 12.1 Å². The molecule has 0 unspecified atom stereocenters. The molecule has 0 N–H and O–H groups in total. The lowest BCUT2D eigenvalue weighted by Gasteiger charge is -2.42. The summed E-state index contributed by atoms with van der Waals surface area (Å²) in [6.07, 6.45) is -8.26. The van der Waals surface area contributed by atoms with Gasteiger partial charge in [-0.15, -0.1) is 4.39 Å². The van der Waals surface area contributed by atoms with Gasteiger partial charge in [0.15, 0.2) is 0 Å². The first-order valence-electron chi connectivity index (χ1n) is 5.67. The Balaban J connectivity index is 6.75. The molecule has 1 nitrogen and oxygen atoms in total. The van der Waals surface area contributed by atoms with Crippen LogP contribution < -0.4 is 0 Å². The SMILES string of the molecule is [O]C(F)(F)C(F)(F)C(F)(F)C(F)(F)C(F)(F)C(F)(F)C(F)(F)C(F)(F)C#CF. The Morgan fingerprint density at radius 2 is 0.679 bits per heavy atom. The van der Waals surface area contributed by atoms with E-state index in [2.05, 4.69) is 0 Å². The van der Waals surface area contributed by atoms with Crippen LogP contribution in [0.1, 0.15) is 0 Å². The van der Waals surface area contributed by atoms with Gasteiger partial charge in [-0.3, -0.25) is 0 Å². The Labute approximate surface area is 141 Å². The zero-order valence-electron chi connectivity index (χ0n) is 11.8. The van der Waals surface area contributed by atoms with E-state index in [1.807, 2.05) is 0 Å². The Hall–Kier alpha value is -1.67. The third-order valence-electron chi connectivity index (χ3n) is 2.94. The van der Waals surface area contributed by atoms with Crippen molar-refractivity contribution in [3.63, 3.8) is 0 Å². The van der Waals surface area contributed by atoms with Gasteiger partial charge in [-0.1, -0.05) is 0 Å². The van der Waals surface area contributed by atoms with Gasteiger partial charge in [0, 0.05) is 5.92 Å². The minimum atomic E-state index is -8.66. The minimum absolute atomic E-state index is 0.704. The molecular formula is C10F17O. The second kappa shape index (κ2) is 6.42. The topological polar surface area (TPSA) is 19.9 Å². The molecular weight excluding hydrogens is 459 g/mol. The molecule has 28 heavy (non-hydrogen) atoms. The molecule has 1 radical (unpaired) electrons. The highest BCUT2D eigenvalue weighted by molar-refractivity contribution is 5.20. The highest BCUT2D eigenvalue weighted by Gasteiger charge is 2.95. The summed E-state index contributed by atoms with van der Waals surface area (Å²) in [7, 11) is 0. The maximum absolute atomic E-state index is 13.0. The van der Waals surface area contributed by atoms with Gasteiger partial charge in [0.25, 0.3) is 0 Å². The number of hydrogen-bond acceptors (Lipinski definition) is 0. The molecule has 0 spiro atoms. The van der Waals surface area contributed by atoms with Crippen LogP contribution in [-0.4, -0.2) is 47.6 Å². The van der Waals surface area contributed by atoms with Crippen molar-refractivity contribution in [1.29, 1.82) is 0 Å². The van der Waals surface area contributed by atoms with Gasteiger partial charge >= 0.3 is 47.6 Å². The second-order valence-corrected chi connectivity index (χ2v) is 4.76. The van der Waals surface area contributed by atoms with Crippen LogP contribution in [0.5, 0.6) is 0 Å². The molecule has 0 atom stereocenters. The Bertz CT molecular complexity index is 645. The number of hydrogen-bond donors (Lipinski definition) is 0. The van der Waals surface area contributed by atoms with Crippen LogP contribution in [0.15, 0.2) is 0 Å². The zero-order valence-corrected chi connectivity index (χ0v) is 11.8. The highest BCUT2D eigenvalue weighted by Crippen LogP contribution is 2.63. The molecule has 0 amide bonds. The maximum Gasteiger partial charge on any atom is 0.452 e. The van der Waals surface area contributed by atoms with Crippen molar-refractivity contribution in [2.75, 3.05) is 0 Å². The summed E-state index contributed by atoms with van der Waals surface area (Å²) in [5.41, 5.74) is 0. The maximum atomic E-state index is 13.0. The average molecular weight is 459 g/mol. The lowest BCUT2D eigenvalue weighted by atomic mass is 9.89. The first kappa shape index (κ1) is 26.3. The number of halogens is 17. The van der Waals surface area contributed by atoms with Crippen molar-refractivity contribution in [1.82, 2.24) is 0 Å². The summed E-state index contributed by atoms with van der Waals surface area (Å²) in [5, 5.41) is 9.58. The first-order chi connectivity index (χ1) is 11.8. The normalized spacial score (nSPS) is 15.9. The van der Waals surface area contributed by atoms with Crippen molar-refractivity contribution < 1.29 is 79.7 Å². The standard InChI is InChI=1S/C10F17O/c11-2-1-3(12,13)4(14,15)5(16,17)6(18,19)7(20,21)8(22,23)9(24,25)10(26,27)28. The van der Waals surface area contributed by atoms with Gasteiger partial charge in [-0.25, -0.2) is 0 Å². The van der Waals surface area contributed by atoms with E-state index in [0.29, 0.717) is 0 Å². The molecule has 0 saturated carbocycles. The Morgan fingerprint density at radius 3 is 0.929 bits per heavy atom. The molecule has 0 heterocycles. The van der Waals surface area contributed by atoms with E-state index < -0.39 is 59.7 Å². The van der Waals surface area contributed by atoms with Crippen LogP contribution in [0.25, 0.3) is 0 Å². The van der Waals surface area contributed by atoms with Gasteiger partial charge in [-0.2, -0.15) is 75.4 Å². The summed E-state index contributed by atoms with van der Waals surface area (Å²) in [6, 6.07) is 0. The average Bonchev–Trinajstić information content (AvgIpc) is 2.44. The molecule has 0 aromatic carbocycles. The predicted octanol–water partition coefficient (Wildman–Crippen LogP) is 5.39. The second-order valence-electron chi connectivity index (χ2n) is 4.76. The van der Waals surface area contributed by atoms with E-state index in [1.54, 1.807) is 0 Å². The molecule has 0 aromatic rings. The van der Waals surface area contributed by atoms with Crippen molar-refractivity contribution in [3.8, 4) is 12.1 Å². The van der Waals surface area contributed by atoms with Gasteiger partial charge in [0.05, 0.1) is 0 Å². The van der Waals surface area contributed by atoms with E-state index in [-0.39, 0.29) is 0 Å².